The Morgan fingerprint density at radius 3 is 2.54 bits per heavy atom. The highest BCUT2D eigenvalue weighted by atomic mass is 19.1. The fourth-order valence-electron chi connectivity index (χ4n) is 2.67. The van der Waals surface area contributed by atoms with Crippen molar-refractivity contribution in [2.24, 2.45) is 4.99 Å². The van der Waals surface area contributed by atoms with Crippen molar-refractivity contribution in [1.82, 2.24) is 10.6 Å². The maximum absolute atomic E-state index is 13.6. The van der Waals surface area contributed by atoms with E-state index in [1.807, 2.05) is 24.3 Å². The molecule has 1 heterocycles. The molecule has 0 fully saturated rings. The molecule has 0 radical (unpaired) electrons. The average molecular weight is 361 g/mol. The summed E-state index contributed by atoms with van der Waals surface area (Å²) in [7, 11) is 1.63. The number of ether oxygens (including phenoxy) is 2. The first kappa shape index (κ1) is 18.0. The van der Waals surface area contributed by atoms with E-state index in [4.69, 9.17) is 9.47 Å². The molecule has 0 saturated carbocycles. The number of rotatable bonds is 5. The summed E-state index contributed by atoms with van der Waals surface area (Å²) < 4.78 is 38.8. The van der Waals surface area contributed by atoms with Gasteiger partial charge in [-0.1, -0.05) is 18.2 Å². The summed E-state index contributed by atoms with van der Waals surface area (Å²) in [6.45, 7) is 1.27. The standard InChI is InChI=1S/C19H21F2N3O2/c1-22-19(23-10-9-14-15(20)5-4-6-16(14)21)24-11-13-12-25-17-7-2-3-8-18(17)26-13/h2-8,13H,9-12H2,1H3,(H2,22,23,24). The number of halogens is 2. The van der Waals surface area contributed by atoms with Crippen LogP contribution in [-0.2, 0) is 6.42 Å². The highest BCUT2D eigenvalue weighted by molar-refractivity contribution is 5.79. The molecule has 1 unspecified atom stereocenters. The molecule has 1 aliphatic heterocycles. The SMILES string of the molecule is CN=C(NCCc1c(F)cccc1F)NCC1COc2ccccc2O1. The molecule has 0 aliphatic carbocycles. The number of aliphatic imine (C=N–C) groups is 1. The number of guanidine groups is 1. The van der Waals surface area contributed by atoms with Crippen LogP contribution in [0, 0.1) is 11.6 Å². The van der Waals surface area contributed by atoms with E-state index in [1.165, 1.54) is 18.2 Å². The summed E-state index contributed by atoms with van der Waals surface area (Å²) >= 11 is 0. The minimum Gasteiger partial charge on any atom is -0.486 e. The quantitative estimate of drug-likeness (QED) is 0.635. The van der Waals surface area contributed by atoms with Crippen molar-refractivity contribution in [3.63, 3.8) is 0 Å². The maximum Gasteiger partial charge on any atom is 0.191 e. The Bertz CT molecular complexity index is 763. The second-order valence-corrected chi connectivity index (χ2v) is 5.83. The molecule has 1 aliphatic rings. The number of nitrogens with one attached hydrogen (secondary N) is 2. The van der Waals surface area contributed by atoms with Gasteiger partial charge in [0, 0.05) is 19.2 Å². The van der Waals surface area contributed by atoms with E-state index in [-0.39, 0.29) is 18.1 Å². The lowest BCUT2D eigenvalue weighted by Crippen LogP contribution is -2.45. The van der Waals surface area contributed by atoms with E-state index in [1.54, 1.807) is 7.05 Å². The van der Waals surface area contributed by atoms with Crippen LogP contribution in [0.4, 0.5) is 8.78 Å². The Kier molecular flexibility index (Phi) is 5.88. The number of para-hydroxylation sites is 2. The highest BCUT2D eigenvalue weighted by Crippen LogP contribution is 2.30. The molecule has 0 bridgehead atoms. The van der Waals surface area contributed by atoms with Gasteiger partial charge < -0.3 is 20.1 Å². The van der Waals surface area contributed by atoms with Gasteiger partial charge >= 0.3 is 0 Å². The first-order valence-electron chi connectivity index (χ1n) is 8.43. The van der Waals surface area contributed by atoms with E-state index in [0.29, 0.717) is 31.4 Å². The zero-order valence-corrected chi connectivity index (χ0v) is 14.5. The van der Waals surface area contributed by atoms with Crippen LogP contribution in [0.25, 0.3) is 0 Å². The Balaban J connectivity index is 1.46. The Hall–Kier alpha value is -2.83. The zero-order valence-electron chi connectivity index (χ0n) is 14.5. The van der Waals surface area contributed by atoms with Crippen molar-refractivity contribution >= 4 is 5.96 Å². The van der Waals surface area contributed by atoms with Crippen LogP contribution in [0.2, 0.25) is 0 Å². The summed E-state index contributed by atoms with van der Waals surface area (Å²) in [6, 6.07) is 11.4. The summed E-state index contributed by atoms with van der Waals surface area (Å²) in [6.07, 6.45) is 0.0581. The summed E-state index contributed by atoms with van der Waals surface area (Å²) in [5.41, 5.74) is 0.0658. The van der Waals surface area contributed by atoms with Gasteiger partial charge in [-0.15, -0.1) is 0 Å². The van der Waals surface area contributed by atoms with Gasteiger partial charge in [-0.25, -0.2) is 8.78 Å². The lowest BCUT2D eigenvalue weighted by atomic mass is 10.1. The molecule has 0 amide bonds. The number of nitrogens with zero attached hydrogens (tertiary/aromatic N) is 1. The first-order chi connectivity index (χ1) is 12.7. The van der Waals surface area contributed by atoms with Crippen LogP contribution < -0.4 is 20.1 Å². The highest BCUT2D eigenvalue weighted by Gasteiger charge is 2.20. The predicted molar refractivity (Wildman–Crippen MR) is 95.8 cm³/mol. The minimum absolute atomic E-state index is 0.0658. The molecule has 26 heavy (non-hydrogen) atoms. The molecule has 2 aromatic carbocycles. The minimum atomic E-state index is -0.541. The largest absolute Gasteiger partial charge is 0.486 e. The molecular weight excluding hydrogens is 340 g/mol. The molecule has 1 atom stereocenters. The van der Waals surface area contributed by atoms with Gasteiger partial charge in [0.05, 0.1) is 6.54 Å². The summed E-state index contributed by atoms with van der Waals surface area (Å²) in [4.78, 5) is 4.10. The number of benzene rings is 2. The Morgan fingerprint density at radius 2 is 1.81 bits per heavy atom. The number of fused-ring (bicyclic) bond motifs is 1. The fraction of sp³-hybridized carbons (Fsp3) is 0.316. The van der Waals surface area contributed by atoms with Crippen LogP contribution in [0.15, 0.2) is 47.5 Å². The third-order valence-corrected chi connectivity index (χ3v) is 4.02. The van der Waals surface area contributed by atoms with Crippen molar-refractivity contribution in [2.45, 2.75) is 12.5 Å². The Morgan fingerprint density at radius 1 is 1.08 bits per heavy atom. The van der Waals surface area contributed by atoms with Crippen molar-refractivity contribution in [3.8, 4) is 11.5 Å². The lowest BCUT2D eigenvalue weighted by Gasteiger charge is -2.27. The van der Waals surface area contributed by atoms with E-state index in [9.17, 15) is 8.78 Å². The molecule has 0 aromatic heterocycles. The summed E-state index contributed by atoms with van der Waals surface area (Å²) in [5, 5.41) is 6.17. The molecule has 138 valence electrons. The van der Waals surface area contributed by atoms with Gasteiger partial charge in [0.2, 0.25) is 0 Å². The van der Waals surface area contributed by atoms with E-state index in [2.05, 4.69) is 15.6 Å². The second-order valence-electron chi connectivity index (χ2n) is 5.83. The van der Waals surface area contributed by atoms with Crippen LogP contribution in [-0.4, -0.2) is 38.8 Å². The first-order valence-corrected chi connectivity index (χ1v) is 8.43. The number of hydrogen-bond acceptors (Lipinski definition) is 3. The summed E-state index contributed by atoms with van der Waals surface area (Å²) in [5.74, 6) is 0.897. The Labute approximate surface area is 151 Å². The van der Waals surface area contributed by atoms with E-state index in [0.717, 1.165) is 5.75 Å². The van der Waals surface area contributed by atoms with E-state index < -0.39 is 11.6 Å². The average Bonchev–Trinajstić information content (AvgIpc) is 2.66. The zero-order chi connectivity index (χ0) is 18.4. The monoisotopic (exact) mass is 361 g/mol. The van der Waals surface area contributed by atoms with Crippen LogP contribution in [0.3, 0.4) is 0 Å². The van der Waals surface area contributed by atoms with Gasteiger partial charge in [0.15, 0.2) is 17.5 Å². The van der Waals surface area contributed by atoms with Gasteiger partial charge in [-0.05, 0) is 30.7 Å². The molecule has 5 nitrogen and oxygen atoms in total. The molecule has 2 N–H and O–H groups in total. The fourth-order valence-corrected chi connectivity index (χ4v) is 2.67. The molecule has 0 saturated heterocycles. The maximum atomic E-state index is 13.6. The molecular formula is C19H21F2N3O2. The normalized spacial score (nSPS) is 16.3. The molecule has 2 aromatic rings. The van der Waals surface area contributed by atoms with Crippen LogP contribution in [0.1, 0.15) is 5.56 Å². The van der Waals surface area contributed by atoms with Crippen LogP contribution >= 0.6 is 0 Å². The second kappa shape index (κ2) is 8.51. The van der Waals surface area contributed by atoms with Crippen molar-refractivity contribution in [3.05, 3.63) is 59.7 Å². The van der Waals surface area contributed by atoms with Gasteiger partial charge in [-0.3, -0.25) is 4.99 Å². The topological polar surface area (TPSA) is 54.9 Å². The third-order valence-electron chi connectivity index (χ3n) is 4.02. The van der Waals surface area contributed by atoms with Crippen LogP contribution in [0.5, 0.6) is 11.5 Å². The predicted octanol–water partition coefficient (Wildman–Crippen LogP) is 2.51. The smallest absolute Gasteiger partial charge is 0.191 e. The lowest BCUT2D eigenvalue weighted by molar-refractivity contribution is 0.0936. The molecule has 0 spiro atoms. The van der Waals surface area contributed by atoms with Gasteiger partial charge in [0.25, 0.3) is 0 Å². The van der Waals surface area contributed by atoms with Gasteiger partial charge in [-0.2, -0.15) is 0 Å². The van der Waals surface area contributed by atoms with E-state index >= 15 is 0 Å². The third kappa shape index (κ3) is 4.41. The van der Waals surface area contributed by atoms with Crippen molar-refractivity contribution in [2.75, 3.05) is 26.7 Å². The molecule has 3 rings (SSSR count). The molecule has 7 heteroatoms. The van der Waals surface area contributed by atoms with Crippen molar-refractivity contribution < 1.29 is 18.3 Å². The number of hydrogen-bond donors (Lipinski definition) is 2. The van der Waals surface area contributed by atoms with Gasteiger partial charge in [0.1, 0.15) is 24.3 Å². The van der Waals surface area contributed by atoms with Crippen molar-refractivity contribution in [1.29, 1.82) is 0 Å².